The average Bonchev–Trinajstić information content (AvgIpc) is 2.96. The fourth-order valence-electron chi connectivity index (χ4n) is 5.45. The second-order valence-corrected chi connectivity index (χ2v) is 9.03. The minimum Gasteiger partial charge on any atom is -0.524 e. The first kappa shape index (κ1) is 19.3. The summed E-state index contributed by atoms with van der Waals surface area (Å²) in [5, 5.41) is 27.6. The van der Waals surface area contributed by atoms with Crippen LogP contribution < -0.4 is 5.46 Å². The third-order valence-electron chi connectivity index (χ3n) is 7.05. The van der Waals surface area contributed by atoms with Crippen molar-refractivity contribution in [2.24, 2.45) is 0 Å². The van der Waals surface area contributed by atoms with Gasteiger partial charge in [0.25, 0.3) is 0 Å². The first-order valence-electron chi connectivity index (χ1n) is 10.9. The van der Waals surface area contributed by atoms with Gasteiger partial charge in [0.15, 0.2) is 0 Å². The van der Waals surface area contributed by atoms with Crippen LogP contribution in [0.5, 0.6) is 0 Å². The maximum absolute atomic E-state index is 11.3. The summed E-state index contributed by atoms with van der Waals surface area (Å²) in [6, 6.07) is 24.9. The highest BCUT2D eigenvalue weighted by Gasteiger charge is 2.51. The monoisotopic (exact) mass is 397 g/mol. The van der Waals surface area contributed by atoms with Crippen molar-refractivity contribution in [2.45, 2.75) is 32.9 Å². The van der Waals surface area contributed by atoms with Crippen LogP contribution >= 0.6 is 0 Å². The number of benzene rings is 4. The summed E-state index contributed by atoms with van der Waals surface area (Å²) in [7, 11) is 1.98. The third kappa shape index (κ3) is 2.72. The minimum atomic E-state index is -2.70. The lowest BCUT2D eigenvalue weighted by Gasteiger charge is -2.46. The summed E-state index contributed by atoms with van der Waals surface area (Å²) in [5.41, 5.74) is 4.30. The van der Waals surface area contributed by atoms with Gasteiger partial charge in [-0.25, -0.2) is 0 Å². The molecule has 1 aliphatic heterocycles. The van der Waals surface area contributed by atoms with E-state index in [-0.39, 0.29) is 4.39 Å². The van der Waals surface area contributed by atoms with Crippen molar-refractivity contribution >= 4 is 33.7 Å². The number of nitrogens with zero attached hydrogens (tertiary/aromatic N) is 1. The molecule has 0 aromatic heterocycles. The SMILES string of the molecule is CCCc1c2ccccc2c(C[N+]2(C)Cc3ccccc3[B-]2(O)O)c2ccccc12. The summed E-state index contributed by atoms with van der Waals surface area (Å²) in [6.45, 7) is 0.698. The predicted octanol–water partition coefficient (Wildman–Crippen LogP) is 4.24. The maximum Gasteiger partial charge on any atom is 0.498 e. The number of hydrogen-bond acceptors (Lipinski definition) is 2. The molecule has 1 heterocycles. The fourth-order valence-corrected chi connectivity index (χ4v) is 5.45. The van der Waals surface area contributed by atoms with Gasteiger partial charge in [0.05, 0.1) is 13.1 Å². The smallest absolute Gasteiger partial charge is 0.498 e. The van der Waals surface area contributed by atoms with Gasteiger partial charge >= 0.3 is 6.69 Å². The number of hydrogen-bond donors (Lipinski definition) is 2. The third-order valence-corrected chi connectivity index (χ3v) is 7.05. The molecule has 1 atom stereocenters. The Balaban J connectivity index is 1.75. The molecule has 3 nitrogen and oxygen atoms in total. The zero-order valence-corrected chi connectivity index (χ0v) is 17.7. The number of rotatable bonds is 4. The highest BCUT2D eigenvalue weighted by atomic mass is 16.4. The number of quaternary nitrogens is 1. The molecule has 4 heteroatoms. The predicted molar refractivity (Wildman–Crippen MR) is 125 cm³/mol. The Morgan fingerprint density at radius 2 is 1.27 bits per heavy atom. The summed E-state index contributed by atoms with van der Waals surface area (Å²) >= 11 is 0. The Labute approximate surface area is 177 Å². The molecule has 1 aliphatic rings. The van der Waals surface area contributed by atoms with Crippen molar-refractivity contribution in [3.05, 3.63) is 89.5 Å². The van der Waals surface area contributed by atoms with Crippen LogP contribution in [-0.2, 0) is 19.5 Å². The molecule has 152 valence electrons. The average molecular weight is 397 g/mol. The van der Waals surface area contributed by atoms with Crippen LogP contribution in [0.4, 0.5) is 0 Å². The lowest BCUT2D eigenvalue weighted by Crippen LogP contribution is -2.67. The molecular weight excluding hydrogens is 369 g/mol. The largest absolute Gasteiger partial charge is 0.524 e. The van der Waals surface area contributed by atoms with Crippen LogP contribution in [0.3, 0.4) is 0 Å². The molecule has 0 fully saturated rings. The van der Waals surface area contributed by atoms with Gasteiger partial charge < -0.3 is 14.4 Å². The van der Waals surface area contributed by atoms with E-state index in [1.54, 1.807) is 0 Å². The van der Waals surface area contributed by atoms with Gasteiger partial charge in [-0.3, -0.25) is 0 Å². The Morgan fingerprint density at radius 1 is 0.767 bits per heavy atom. The number of fused-ring (bicyclic) bond motifs is 3. The van der Waals surface area contributed by atoms with E-state index in [9.17, 15) is 10.0 Å². The normalized spacial score (nSPS) is 20.0. The Morgan fingerprint density at radius 3 is 1.80 bits per heavy atom. The molecule has 2 N–H and O–H groups in total. The first-order valence-corrected chi connectivity index (χ1v) is 10.9. The molecular formula is C26H28BNO2. The molecule has 30 heavy (non-hydrogen) atoms. The second kappa shape index (κ2) is 6.95. The summed E-state index contributed by atoms with van der Waals surface area (Å²) in [5.74, 6) is 0. The van der Waals surface area contributed by atoms with Crippen LogP contribution in [0, 0.1) is 0 Å². The Kier molecular flexibility index (Phi) is 4.48. The van der Waals surface area contributed by atoms with Gasteiger partial charge in [0.2, 0.25) is 0 Å². The second-order valence-electron chi connectivity index (χ2n) is 9.03. The molecule has 1 unspecified atom stereocenters. The topological polar surface area (TPSA) is 40.5 Å². The lowest BCUT2D eigenvalue weighted by atomic mass is 9.62. The van der Waals surface area contributed by atoms with Gasteiger partial charge in [-0.1, -0.05) is 91.6 Å². The van der Waals surface area contributed by atoms with Crippen LogP contribution in [-0.4, -0.2) is 28.2 Å². The van der Waals surface area contributed by atoms with Crippen molar-refractivity contribution in [1.82, 2.24) is 0 Å². The first-order chi connectivity index (χ1) is 14.5. The van der Waals surface area contributed by atoms with Crippen LogP contribution in [0.25, 0.3) is 21.5 Å². The van der Waals surface area contributed by atoms with Crippen LogP contribution in [0.15, 0.2) is 72.8 Å². The van der Waals surface area contributed by atoms with Gasteiger partial charge in [-0.2, -0.15) is 0 Å². The van der Waals surface area contributed by atoms with E-state index in [0.29, 0.717) is 18.6 Å². The van der Waals surface area contributed by atoms with Crippen molar-refractivity contribution in [3.8, 4) is 0 Å². The minimum absolute atomic E-state index is 0.181. The number of aryl methyl sites for hydroxylation is 1. The lowest BCUT2D eigenvalue weighted by molar-refractivity contribution is -0.850. The highest BCUT2D eigenvalue weighted by Crippen LogP contribution is 2.38. The van der Waals surface area contributed by atoms with E-state index in [2.05, 4.69) is 55.5 Å². The summed E-state index contributed by atoms with van der Waals surface area (Å²) in [6.07, 6.45) is 2.13. The van der Waals surface area contributed by atoms with E-state index in [1.807, 2.05) is 31.3 Å². The highest BCUT2D eigenvalue weighted by molar-refractivity contribution is 6.73. The maximum atomic E-state index is 11.3. The molecule has 0 amide bonds. The molecule has 0 radical (unpaired) electrons. The van der Waals surface area contributed by atoms with E-state index in [1.165, 1.54) is 32.7 Å². The van der Waals surface area contributed by atoms with Crippen molar-refractivity contribution < 1.29 is 14.4 Å². The van der Waals surface area contributed by atoms with Gasteiger partial charge in [-0.15, -0.1) is 0 Å². The molecule has 0 saturated heterocycles. The van der Waals surface area contributed by atoms with E-state index < -0.39 is 6.69 Å². The Bertz CT molecular complexity index is 1210. The summed E-state index contributed by atoms with van der Waals surface area (Å²) < 4.78 is 0.181. The fraction of sp³-hybridized carbons (Fsp3) is 0.231. The van der Waals surface area contributed by atoms with E-state index >= 15 is 0 Å². The zero-order chi connectivity index (χ0) is 20.9. The van der Waals surface area contributed by atoms with Crippen molar-refractivity contribution in [3.63, 3.8) is 0 Å². The molecule has 4 aromatic carbocycles. The van der Waals surface area contributed by atoms with Crippen molar-refractivity contribution in [1.29, 1.82) is 0 Å². The Hall–Kier alpha value is -2.66. The quantitative estimate of drug-likeness (QED) is 0.400. The molecule has 0 bridgehead atoms. The molecule has 4 aromatic rings. The van der Waals surface area contributed by atoms with E-state index in [4.69, 9.17) is 0 Å². The van der Waals surface area contributed by atoms with Crippen LogP contribution in [0.1, 0.15) is 30.0 Å². The molecule has 5 rings (SSSR count). The van der Waals surface area contributed by atoms with Crippen molar-refractivity contribution in [2.75, 3.05) is 7.05 Å². The molecule has 0 spiro atoms. The molecule has 0 saturated carbocycles. The van der Waals surface area contributed by atoms with Gasteiger partial charge in [0.1, 0.15) is 0 Å². The zero-order valence-electron chi connectivity index (χ0n) is 17.7. The van der Waals surface area contributed by atoms with Gasteiger partial charge in [0, 0.05) is 12.6 Å². The van der Waals surface area contributed by atoms with Gasteiger partial charge in [-0.05, 0) is 39.1 Å². The van der Waals surface area contributed by atoms with E-state index in [0.717, 1.165) is 18.4 Å². The molecule has 0 aliphatic carbocycles. The summed E-state index contributed by atoms with van der Waals surface area (Å²) in [4.78, 5) is 0. The standard InChI is InChI=1S/C26H28BNO2/c1-3-10-20-21-12-5-7-14-23(21)25(24-15-8-6-13-22(20)24)18-28(2)17-19-11-4-9-16-26(19)27(28,29)30/h4-9,11-16,29-30H,3,10,17-18H2,1-2H3. The van der Waals surface area contributed by atoms with Crippen LogP contribution in [0.2, 0.25) is 0 Å².